The van der Waals surface area contributed by atoms with Crippen LogP contribution in [0.1, 0.15) is 23.3 Å². The first-order chi connectivity index (χ1) is 10.1. The van der Waals surface area contributed by atoms with Crippen LogP contribution in [-0.4, -0.2) is 42.0 Å². The van der Waals surface area contributed by atoms with Gasteiger partial charge in [0.05, 0.1) is 0 Å². The molecule has 110 valence electrons. The van der Waals surface area contributed by atoms with Crippen molar-refractivity contribution < 1.29 is 4.79 Å². The van der Waals surface area contributed by atoms with E-state index in [0.717, 1.165) is 36.7 Å². The topological polar surface area (TPSA) is 45.2 Å². The molecule has 1 aliphatic heterocycles. The number of pyridine rings is 1. The van der Waals surface area contributed by atoms with E-state index in [0.29, 0.717) is 10.8 Å². The van der Waals surface area contributed by atoms with Gasteiger partial charge in [-0.05, 0) is 37.9 Å². The standard InChI is InChI=1S/C16H18ClN3O/c1-20-8-4-6-12(10-20)18-16(21)14-9-11-5-2-3-7-13(11)15(17)19-14/h2-3,5,7,9,12H,4,6,8,10H2,1H3,(H,18,21). The summed E-state index contributed by atoms with van der Waals surface area (Å²) in [6.45, 7) is 1.97. The lowest BCUT2D eigenvalue weighted by molar-refractivity contribution is 0.0907. The minimum Gasteiger partial charge on any atom is -0.347 e. The third-order valence-electron chi connectivity index (χ3n) is 3.89. The molecule has 0 spiro atoms. The molecule has 0 bridgehead atoms. The van der Waals surface area contributed by atoms with Crippen LogP contribution in [0.2, 0.25) is 5.15 Å². The zero-order valence-electron chi connectivity index (χ0n) is 12.0. The number of benzene rings is 1. The minimum atomic E-state index is -0.150. The second-order valence-electron chi connectivity index (χ2n) is 5.59. The molecule has 1 amide bonds. The number of amides is 1. The molecule has 3 rings (SSSR count). The highest BCUT2D eigenvalue weighted by Gasteiger charge is 2.20. The van der Waals surface area contributed by atoms with Crippen LogP contribution in [0.25, 0.3) is 10.8 Å². The average molecular weight is 304 g/mol. The summed E-state index contributed by atoms with van der Waals surface area (Å²) in [6.07, 6.45) is 2.12. The van der Waals surface area contributed by atoms with Gasteiger partial charge >= 0.3 is 0 Å². The monoisotopic (exact) mass is 303 g/mol. The second kappa shape index (κ2) is 6.00. The average Bonchev–Trinajstić information content (AvgIpc) is 2.47. The van der Waals surface area contributed by atoms with Crippen molar-refractivity contribution in [2.24, 2.45) is 0 Å². The van der Waals surface area contributed by atoms with Gasteiger partial charge in [0.25, 0.3) is 5.91 Å². The van der Waals surface area contributed by atoms with Crippen molar-refractivity contribution in [2.75, 3.05) is 20.1 Å². The molecule has 5 heteroatoms. The second-order valence-corrected chi connectivity index (χ2v) is 5.95. The quantitative estimate of drug-likeness (QED) is 0.868. The summed E-state index contributed by atoms with van der Waals surface area (Å²) in [5, 5.41) is 5.23. The Morgan fingerprint density at radius 1 is 1.43 bits per heavy atom. The van der Waals surface area contributed by atoms with Crippen LogP contribution in [0.15, 0.2) is 30.3 Å². The molecule has 2 aromatic rings. The molecule has 1 saturated heterocycles. The SMILES string of the molecule is CN1CCCC(NC(=O)c2cc3ccccc3c(Cl)n2)C1. The summed E-state index contributed by atoms with van der Waals surface area (Å²) in [4.78, 5) is 18.8. The number of fused-ring (bicyclic) bond motifs is 1. The molecule has 0 radical (unpaired) electrons. The van der Waals surface area contributed by atoms with Gasteiger partial charge in [-0.15, -0.1) is 0 Å². The lowest BCUT2D eigenvalue weighted by atomic mass is 10.1. The number of carbonyl (C=O) groups excluding carboxylic acids is 1. The van der Waals surface area contributed by atoms with Gasteiger partial charge in [-0.2, -0.15) is 0 Å². The van der Waals surface area contributed by atoms with Gasteiger partial charge in [0.15, 0.2) is 0 Å². The van der Waals surface area contributed by atoms with Crippen LogP contribution in [0, 0.1) is 0 Å². The smallest absolute Gasteiger partial charge is 0.270 e. The lowest BCUT2D eigenvalue weighted by Gasteiger charge is -2.30. The molecule has 4 nitrogen and oxygen atoms in total. The van der Waals surface area contributed by atoms with E-state index in [4.69, 9.17) is 11.6 Å². The third kappa shape index (κ3) is 3.17. The number of nitrogens with zero attached hydrogens (tertiary/aromatic N) is 2. The molecule has 0 aliphatic carbocycles. The molecule has 21 heavy (non-hydrogen) atoms. The maximum absolute atomic E-state index is 12.4. The molecule has 1 aliphatic rings. The first-order valence-corrected chi connectivity index (χ1v) is 7.56. The van der Waals surface area contributed by atoms with E-state index < -0.39 is 0 Å². The number of nitrogens with one attached hydrogen (secondary N) is 1. The Hall–Kier alpha value is -1.65. The summed E-state index contributed by atoms with van der Waals surface area (Å²) >= 11 is 6.17. The van der Waals surface area contributed by atoms with E-state index in [9.17, 15) is 4.79 Å². The lowest BCUT2D eigenvalue weighted by Crippen LogP contribution is -2.46. The summed E-state index contributed by atoms with van der Waals surface area (Å²) in [5.41, 5.74) is 0.381. The number of carbonyl (C=O) groups is 1. The zero-order chi connectivity index (χ0) is 14.8. The highest BCUT2D eigenvalue weighted by atomic mass is 35.5. The van der Waals surface area contributed by atoms with E-state index in [1.807, 2.05) is 24.3 Å². The molecule has 1 aromatic carbocycles. The maximum atomic E-state index is 12.4. The third-order valence-corrected chi connectivity index (χ3v) is 4.17. The molecular formula is C16H18ClN3O. The van der Waals surface area contributed by atoms with Gasteiger partial charge in [-0.25, -0.2) is 4.98 Å². The van der Waals surface area contributed by atoms with Crippen molar-refractivity contribution in [3.05, 3.63) is 41.2 Å². The Morgan fingerprint density at radius 3 is 3.05 bits per heavy atom. The Kier molecular flexibility index (Phi) is 4.08. The number of halogens is 1. The fraction of sp³-hybridized carbons (Fsp3) is 0.375. The molecule has 1 aromatic heterocycles. The number of likely N-dealkylation sites (tertiary alicyclic amines) is 1. The van der Waals surface area contributed by atoms with Gasteiger partial charge in [0.1, 0.15) is 10.8 Å². The van der Waals surface area contributed by atoms with Gasteiger partial charge in [0, 0.05) is 18.0 Å². The Morgan fingerprint density at radius 2 is 2.24 bits per heavy atom. The van der Waals surface area contributed by atoms with E-state index >= 15 is 0 Å². The molecule has 1 fully saturated rings. The van der Waals surface area contributed by atoms with Crippen molar-refractivity contribution in [3.8, 4) is 0 Å². The molecule has 0 saturated carbocycles. The van der Waals surface area contributed by atoms with Crippen molar-refractivity contribution in [3.63, 3.8) is 0 Å². The van der Waals surface area contributed by atoms with Crippen LogP contribution in [0.5, 0.6) is 0 Å². The number of hydrogen-bond donors (Lipinski definition) is 1. The Balaban J connectivity index is 1.81. The largest absolute Gasteiger partial charge is 0.347 e. The summed E-state index contributed by atoms with van der Waals surface area (Å²) in [5.74, 6) is -0.150. The van der Waals surface area contributed by atoms with E-state index in [2.05, 4.69) is 22.2 Å². The predicted octanol–water partition coefficient (Wildman–Crippen LogP) is 2.71. The zero-order valence-corrected chi connectivity index (χ0v) is 12.7. The number of hydrogen-bond acceptors (Lipinski definition) is 3. The number of piperidine rings is 1. The van der Waals surface area contributed by atoms with Crippen LogP contribution in [-0.2, 0) is 0 Å². The van der Waals surface area contributed by atoms with Crippen LogP contribution in [0.4, 0.5) is 0 Å². The predicted molar refractivity (Wildman–Crippen MR) is 84.7 cm³/mol. The highest BCUT2D eigenvalue weighted by molar-refractivity contribution is 6.34. The van der Waals surface area contributed by atoms with E-state index in [1.54, 1.807) is 6.07 Å². The Bertz CT molecular complexity index is 674. The molecule has 1 unspecified atom stereocenters. The summed E-state index contributed by atoms with van der Waals surface area (Å²) in [6, 6.07) is 9.66. The number of likely N-dealkylation sites (N-methyl/N-ethyl adjacent to an activating group) is 1. The number of rotatable bonds is 2. The maximum Gasteiger partial charge on any atom is 0.270 e. The number of aromatic nitrogens is 1. The molecule has 2 heterocycles. The summed E-state index contributed by atoms with van der Waals surface area (Å²) < 4.78 is 0. The van der Waals surface area contributed by atoms with Gasteiger partial charge in [-0.1, -0.05) is 35.9 Å². The minimum absolute atomic E-state index is 0.150. The molecule has 1 atom stereocenters. The van der Waals surface area contributed by atoms with Crippen LogP contribution in [0.3, 0.4) is 0 Å². The fourth-order valence-electron chi connectivity index (χ4n) is 2.82. The molecular weight excluding hydrogens is 286 g/mol. The normalized spacial score (nSPS) is 19.6. The van der Waals surface area contributed by atoms with Crippen LogP contribution < -0.4 is 5.32 Å². The van der Waals surface area contributed by atoms with Crippen molar-refractivity contribution in [2.45, 2.75) is 18.9 Å². The van der Waals surface area contributed by atoms with Crippen LogP contribution >= 0.6 is 11.6 Å². The van der Waals surface area contributed by atoms with Gasteiger partial charge in [-0.3, -0.25) is 4.79 Å². The van der Waals surface area contributed by atoms with Gasteiger partial charge < -0.3 is 10.2 Å². The van der Waals surface area contributed by atoms with Gasteiger partial charge in [0.2, 0.25) is 0 Å². The highest BCUT2D eigenvalue weighted by Crippen LogP contribution is 2.22. The first kappa shape index (κ1) is 14.3. The fourth-order valence-corrected chi connectivity index (χ4v) is 3.08. The van der Waals surface area contributed by atoms with E-state index in [-0.39, 0.29) is 11.9 Å². The van der Waals surface area contributed by atoms with Crippen molar-refractivity contribution >= 4 is 28.3 Å². The first-order valence-electron chi connectivity index (χ1n) is 7.18. The molecule has 1 N–H and O–H groups in total. The Labute approximate surface area is 129 Å². The summed E-state index contributed by atoms with van der Waals surface area (Å²) in [7, 11) is 2.07. The van der Waals surface area contributed by atoms with Crippen molar-refractivity contribution in [1.82, 2.24) is 15.2 Å². The van der Waals surface area contributed by atoms with E-state index in [1.165, 1.54) is 0 Å². The van der Waals surface area contributed by atoms with Crippen molar-refractivity contribution in [1.29, 1.82) is 0 Å².